The Hall–Kier alpha value is -3.56. The largest absolute Gasteiger partial charge is 0.508 e. The van der Waals surface area contributed by atoms with Gasteiger partial charge in [-0.15, -0.1) is 0 Å². The zero-order valence-electron chi connectivity index (χ0n) is 26.7. The number of hydrogen-bond donors (Lipinski definition) is 2. The standard InChI is InChI=1S/C37H45N3O5S/c1-2-45-35-18-29(17-32(20-35)31-4-3-5-34(41)19-31)24-39-10-12-40(13-11-39)33-8-6-30(7-9-33)36(42)38-46(43,44)25-37-21-26-14-27(22-37)16-28(15-26)23-37/h3-9,17-20,26-28,41H,2,10-16,21-25H2,1H3,(H,38,42). The molecule has 9 heteroatoms. The Balaban J connectivity index is 0.939. The molecule has 46 heavy (non-hydrogen) atoms. The van der Waals surface area contributed by atoms with E-state index in [0.717, 1.165) is 80.1 Å². The van der Waals surface area contributed by atoms with Crippen molar-refractivity contribution in [3.05, 3.63) is 77.9 Å². The Morgan fingerprint density at radius 3 is 2.20 bits per heavy atom. The number of phenolic OH excluding ortho intramolecular Hbond substituents is 1. The van der Waals surface area contributed by atoms with Crippen molar-refractivity contribution in [1.29, 1.82) is 0 Å². The van der Waals surface area contributed by atoms with Crippen LogP contribution in [0.3, 0.4) is 0 Å². The fraction of sp³-hybridized carbons (Fsp3) is 0.486. The number of nitrogens with zero attached hydrogens (tertiary/aromatic N) is 2. The molecule has 4 bridgehead atoms. The first-order valence-electron chi connectivity index (χ1n) is 16.8. The van der Waals surface area contributed by atoms with Crippen molar-refractivity contribution in [3.8, 4) is 22.6 Å². The first-order chi connectivity index (χ1) is 22.1. The molecule has 244 valence electrons. The molecular formula is C37H45N3O5S. The van der Waals surface area contributed by atoms with E-state index in [1.54, 1.807) is 24.3 Å². The fourth-order valence-corrected chi connectivity index (χ4v) is 10.8. The third-order valence-corrected chi connectivity index (χ3v) is 12.1. The number of rotatable bonds is 10. The lowest BCUT2D eigenvalue weighted by molar-refractivity contribution is -0.0391. The van der Waals surface area contributed by atoms with E-state index in [2.05, 4.69) is 26.7 Å². The van der Waals surface area contributed by atoms with Crippen molar-refractivity contribution < 1.29 is 23.1 Å². The number of amides is 1. The second-order valence-electron chi connectivity index (χ2n) is 14.3. The second-order valence-corrected chi connectivity index (χ2v) is 16.0. The lowest BCUT2D eigenvalue weighted by Gasteiger charge is -2.56. The number of aromatic hydroxyl groups is 1. The number of sulfonamides is 1. The predicted octanol–water partition coefficient (Wildman–Crippen LogP) is 6.06. The Kier molecular flexibility index (Phi) is 8.48. The van der Waals surface area contributed by atoms with Gasteiger partial charge >= 0.3 is 0 Å². The van der Waals surface area contributed by atoms with Gasteiger partial charge in [-0.2, -0.15) is 0 Å². The van der Waals surface area contributed by atoms with E-state index in [1.807, 2.05) is 37.3 Å². The van der Waals surface area contributed by atoms with E-state index in [9.17, 15) is 18.3 Å². The highest BCUT2D eigenvalue weighted by Crippen LogP contribution is 2.60. The number of anilines is 1. The molecule has 4 saturated carbocycles. The Labute approximate surface area is 272 Å². The van der Waals surface area contributed by atoms with Crippen LogP contribution in [0.1, 0.15) is 61.4 Å². The number of phenols is 1. The Morgan fingerprint density at radius 2 is 1.57 bits per heavy atom. The lowest BCUT2D eigenvalue weighted by atomic mass is 9.50. The summed E-state index contributed by atoms with van der Waals surface area (Å²) < 4.78 is 34.6. The molecule has 5 fully saturated rings. The summed E-state index contributed by atoms with van der Waals surface area (Å²) in [5, 5.41) is 9.99. The monoisotopic (exact) mass is 643 g/mol. The smallest absolute Gasteiger partial charge is 0.264 e. The number of benzene rings is 3. The molecule has 0 atom stereocenters. The first kappa shape index (κ1) is 31.1. The van der Waals surface area contributed by atoms with E-state index in [1.165, 1.54) is 19.3 Å². The van der Waals surface area contributed by atoms with Crippen LogP contribution in [-0.4, -0.2) is 62.9 Å². The number of piperazine rings is 1. The highest BCUT2D eigenvalue weighted by Gasteiger charge is 2.52. The van der Waals surface area contributed by atoms with Crippen LogP contribution in [0.25, 0.3) is 11.1 Å². The molecule has 8 rings (SSSR count). The zero-order valence-corrected chi connectivity index (χ0v) is 27.5. The first-order valence-corrected chi connectivity index (χ1v) is 18.5. The molecule has 1 aliphatic heterocycles. The van der Waals surface area contributed by atoms with Crippen LogP contribution in [0.2, 0.25) is 0 Å². The summed E-state index contributed by atoms with van der Waals surface area (Å²) in [6.45, 7) is 6.79. The van der Waals surface area contributed by atoms with Gasteiger partial charge in [0.2, 0.25) is 10.0 Å². The molecule has 1 heterocycles. The summed E-state index contributed by atoms with van der Waals surface area (Å²) in [5.74, 6) is 2.60. The van der Waals surface area contributed by atoms with E-state index in [0.29, 0.717) is 29.9 Å². The Morgan fingerprint density at radius 1 is 0.891 bits per heavy atom. The molecule has 4 aliphatic carbocycles. The number of carbonyl (C=O) groups is 1. The summed E-state index contributed by atoms with van der Waals surface area (Å²) in [4.78, 5) is 17.7. The second kappa shape index (κ2) is 12.6. The van der Waals surface area contributed by atoms with Gasteiger partial charge in [0.15, 0.2) is 0 Å². The van der Waals surface area contributed by atoms with Crippen molar-refractivity contribution in [2.75, 3.05) is 43.4 Å². The van der Waals surface area contributed by atoms with Gasteiger partial charge in [0.25, 0.3) is 5.91 Å². The van der Waals surface area contributed by atoms with Gasteiger partial charge in [0.05, 0.1) is 12.4 Å². The zero-order chi connectivity index (χ0) is 31.9. The van der Waals surface area contributed by atoms with Crippen molar-refractivity contribution in [2.45, 2.75) is 52.0 Å². The summed E-state index contributed by atoms with van der Waals surface area (Å²) in [6, 6.07) is 20.9. The van der Waals surface area contributed by atoms with Crippen LogP contribution in [0.5, 0.6) is 11.5 Å². The van der Waals surface area contributed by atoms with Crippen LogP contribution < -0.4 is 14.4 Å². The van der Waals surface area contributed by atoms with Crippen LogP contribution in [0.4, 0.5) is 5.69 Å². The highest BCUT2D eigenvalue weighted by atomic mass is 32.2. The van der Waals surface area contributed by atoms with Gasteiger partial charge in [0, 0.05) is 44.0 Å². The average Bonchev–Trinajstić information content (AvgIpc) is 3.00. The third-order valence-electron chi connectivity index (χ3n) is 10.6. The molecule has 0 radical (unpaired) electrons. The molecule has 8 nitrogen and oxygen atoms in total. The summed E-state index contributed by atoms with van der Waals surface area (Å²) >= 11 is 0. The van der Waals surface area contributed by atoms with Gasteiger partial charge in [-0.25, -0.2) is 13.1 Å². The van der Waals surface area contributed by atoms with E-state index in [4.69, 9.17) is 4.74 Å². The van der Waals surface area contributed by atoms with Gasteiger partial charge in [-0.3, -0.25) is 9.69 Å². The maximum absolute atomic E-state index is 13.2. The van der Waals surface area contributed by atoms with Crippen molar-refractivity contribution in [1.82, 2.24) is 9.62 Å². The number of nitrogens with one attached hydrogen (secondary N) is 1. The lowest BCUT2D eigenvalue weighted by Crippen LogP contribution is -2.51. The third kappa shape index (κ3) is 6.91. The summed E-state index contributed by atoms with van der Waals surface area (Å²) in [5.41, 5.74) is 4.37. The molecule has 3 aromatic carbocycles. The van der Waals surface area contributed by atoms with Crippen molar-refractivity contribution in [3.63, 3.8) is 0 Å². The molecule has 5 aliphatic rings. The normalized spacial score (nSPS) is 25.8. The van der Waals surface area contributed by atoms with Crippen LogP contribution >= 0.6 is 0 Å². The van der Waals surface area contributed by atoms with Crippen LogP contribution in [-0.2, 0) is 16.6 Å². The van der Waals surface area contributed by atoms with Crippen LogP contribution in [0.15, 0.2) is 66.7 Å². The highest BCUT2D eigenvalue weighted by molar-refractivity contribution is 7.90. The summed E-state index contributed by atoms with van der Waals surface area (Å²) in [6.07, 6.45) is 6.77. The van der Waals surface area contributed by atoms with Crippen LogP contribution in [0, 0.1) is 23.2 Å². The van der Waals surface area contributed by atoms with Gasteiger partial charge in [-0.1, -0.05) is 12.1 Å². The molecule has 0 unspecified atom stereocenters. The SMILES string of the molecule is CCOc1cc(CN2CCN(c3ccc(C(=O)NS(=O)(=O)CC45CC6CC(CC(C6)C4)C5)cc3)CC2)cc(-c2cccc(O)c2)c1. The average molecular weight is 644 g/mol. The minimum absolute atomic E-state index is 0.0741. The van der Waals surface area contributed by atoms with Crippen molar-refractivity contribution >= 4 is 21.6 Å². The molecule has 3 aromatic rings. The molecule has 1 saturated heterocycles. The van der Waals surface area contributed by atoms with Gasteiger partial charge in [-0.05, 0) is 140 Å². The van der Waals surface area contributed by atoms with E-state index in [-0.39, 0.29) is 16.9 Å². The molecular weight excluding hydrogens is 598 g/mol. The topological polar surface area (TPSA) is 99.2 Å². The maximum Gasteiger partial charge on any atom is 0.264 e. The van der Waals surface area contributed by atoms with Gasteiger partial charge in [0.1, 0.15) is 11.5 Å². The van der Waals surface area contributed by atoms with Gasteiger partial charge < -0.3 is 14.7 Å². The fourth-order valence-electron chi connectivity index (χ4n) is 9.21. The maximum atomic E-state index is 13.2. The molecule has 1 amide bonds. The number of carbonyl (C=O) groups excluding carboxylic acids is 1. The number of hydrogen-bond acceptors (Lipinski definition) is 7. The molecule has 2 N–H and O–H groups in total. The quantitative estimate of drug-likeness (QED) is 0.277. The van der Waals surface area contributed by atoms with Crippen molar-refractivity contribution in [2.24, 2.45) is 23.2 Å². The van der Waals surface area contributed by atoms with E-state index < -0.39 is 15.9 Å². The van der Waals surface area contributed by atoms with E-state index >= 15 is 0 Å². The molecule has 0 spiro atoms. The molecule has 0 aromatic heterocycles. The minimum atomic E-state index is -3.72. The summed E-state index contributed by atoms with van der Waals surface area (Å²) in [7, 11) is -3.72. The number of ether oxygens (including phenoxy) is 1. The predicted molar refractivity (Wildman–Crippen MR) is 181 cm³/mol. The minimum Gasteiger partial charge on any atom is -0.508 e. The Bertz CT molecular complexity index is 1650.